The highest BCUT2D eigenvalue weighted by Crippen LogP contribution is 2.44. The van der Waals surface area contributed by atoms with Crippen LogP contribution in [0, 0.1) is 5.92 Å². The van der Waals surface area contributed by atoms with Crippen molar-refractivity contribution in [2.24, 2.45) is 5.92 Å². The van der Waals surface area contributed by atoms with Crippen LogP contribution in [0.15, 0.2) is 48.5 Å². The summed E-state index contributed by atoms with van der Waals surface area (Å²) >= 11 is 0. The number of fused-ring (bicyclic) bond motifs is 3. The van der Waals surface area contributed by atoms with E-state index in [2.05, 4.69) is 0 Å². The minimum atomic E-state index is -3.61. The molecule has 1 aliphatic rings. The summed E-state index contributed by atoms with van der Waals surface area (Å²) in [5, 5.41) is 10.9. The molecular weight excluding hydrogens is 368 g/mol. The molecule has 0 bridgehead atoms. The SMILES string of the molecule is CC(C)C(F)(F)C(NC(=O)OCC1c2ccccc2-c2ccccc21)C(=O)O. The third-order valence-electron chi connectivity index (χ3n) is 5.01. The van der Waals surface area contributed by atoms with Gasteiger partial charge in [-0.1, -0.05) is 62.4 Å². The molecule has 148 valence electrons. The third kappa shape index (κ3) is 3.56. The second-order valence-electron chi connectivity index (χ2n) is 7.07. The Balaban J connectivity index is 1.74. The number of ether oxygens (including phenoxy) is 1. The van der Waals surface area contributed by atoms with Gasteiger partial charge in [0.25, 0.3) is 5.92 Å². The largest absolute Gasteiger partial charge is 0.480 e. The molecule has 0 radical (unpaired) electrons. The highest BCUT2D eigenvalue weighted by atomic mass is 19.3. The average molecular weight is 389 g/mol. The van der Waals surface area contributed by atoms with Crippen molar-refractivity contribution in [1.29, 1.82) is 0 Å². The predicted octanol–water partition coefficient (Wildman–Crippen LogP) is 4.27. The van der Waals surface area contributed by atoms with Gasteiger partial charge in [0.05, 0.1) is 0 Å². The Kier molecular flexibility index (Phi) is 5.36. The van der Waals surface area contributed by atoms with Gasteiger partial charge in [-0.25, -0.2) is 18.4 Å². The number of alkyl halides is 2. The van der Waals surface area contributed by atoms with Crippen molar-refractivity contribution in [2.45, 2.75) is 31.7 Å². The highest BCUT2D eigenvalue weighted by Gasteiger charge is 2.48. The number of carbonyl (C=O) groups excluding carboxylic acids is 1. The summed E-state index contributed by atoms with van der Waals surface area (Å²) in [7, 11) is 0. The minimum absolute atomic E-state index is 0.0839. The van der Waals surface area contributed by atoms with Crippen LogP contribution in [-0.2, 0) is 9.53 Å². The lowest BCUT2D eigenvalue weighted by Crippen LogP contribution is -2.55. The van der Waals surface area contributed by atoms with Crippen molar-refractivity contribution in [1.82, 2.24) is 5.32 Å². The number of nitrogens with one attached hydrogen (secondary N) is 1. The Morgan fingerprint density at radius 2 is 1.57 bits per heavy atom. The molecule has 0 fully saturated rings. The molecule has 5 nitrogen and oxygen atoms in total. The van der Waals surface area contributed by atoms with Gasteiger partial charge < -0.3 is 15.2 Å². The quantitative estimate of drug-likeness (QED) is 0.774. The van der Waals surface area contributed by atoms with E-state index in [1.807, 2.05) is 48.5 Å². The molecule has 28 heavy (non-hydrogen) atoms. The molecule has 1 atom stereocenters. The van der Waals surface area contributed by atoms with Gasteiger partial charge in [-0.3, -0.25) is 0 Å². The van der Waals surface area contributed by atoms with Crippen molar-refractivity contribution >= 4 is 12.1 Å². The van der Waals surface area contributed by atoms with E-state index in [0.717, 1.165) is 22.3 Å². The van der Waals surface area contributed by atoms with Gasteiger partial charge in [-0.2, -0.15) is 0 Å². The highest BCUT2D eigenvalue weighted by molar-refractivity contribution is 5.81. The Labute approximate surface area is 161 Å². The Morgan fingerprint density at radius 1 is 1.07 bits per heavy atom. The summed E-state index contributed by atoms with van der Waals surface area (Å²) in [6.07, 6.45) is -1.19. The number of carbonyl (C=O) groups is 2. The zero-order valence-corrected chi connectivity index (χ0v) is 15.5. The van der Waals surface area contributed by atoms with Crippen LogP contribution in [0.1, 0.15) is 30.9 Å². The number of amides is 1. The van der Waals surface area contributed by atoms with Gasteiger partial charge in [0.15, 0.2) is 6.04 Å². The molecule has 1 unspecified atom stereocenters. The molecule has 0 aromatic heterocycles. The fraction of sp³-hybridized carbons (Fsp3) is 0.333. The van der Waals surface area contributed by atoms with Gasteiger partial charge >= 0.3 is 12.1 Å². The molecule has 3 rings (SSSR count). The van der Waals surface area contributed by atoms with Crippen LogP contribution < -0.4 is 5.32 Å². The minimum Gasteiger partial charge on any atom is -0.480 e. The number of aliphatic carboxylic acids is 1. The normalized spacial score (nSPS) is 14.3. The van der Waals surface area contributed by atoms with Gasteiger partial charge in [0, 0.05) is 11.8 Å². The predicted molar refractivity (Wildman–Crippen MR) is 99.4 cm³/mol. The fourth-order valence-electron chi connectivity index (χ4n) is 3.41. The van der Waals surface area contributed by atoms with Crippen molar-refractivity contribution in [3.05, 3.63) is 59.7 Å². The first-order valence-corrected chi connectivity index (χ1v) is 8.95. The van der Waals surface area contributed by atoms with E-state index in [1.165, 1.54) is 13.8 Å². The van der Waals surface area contributed by atoms with E-state index < -0.39 is 29.9 Å². The van der Waals surface area contributed by atoms with Gasteiger partial charge in [0.2, 0.25) is 0 Å². The van der Waals surface area contributed by atoms with Crippen LogP contribution in [0.3, 0.4) is 0 Å². The topological polar surface area (TPSA) is 75.6 Å². The maximum absolute atomic E-state index is 14.1. The average Bonchev–Trinajstić information content (AvgIpc) is 2.98. The van der Waals surface area contributed by atoms with E-state index in [-0.39, 0.29) is 12.5 Å². The molecule has 0 heterocycles. The van der Waals surface area contributed by atoms with E-state index in [9.17, 15) is 18.4 Å². The summed E-state index contributed by atoms with van der Waals surface area (Å²) in [4.78, 5) is 23.3. The molecule has 0 saturated heterocycles. The lowest BCUT2D eigenvalue weighted by molar-refractivity contribution is -0.155. The second kappa shape index (κ2) is 7.58. The lowest BCUT2D eigenvalue weighted by atomic mass is 9.98. The number of carboxylic acids is 1. The number of rotatable bonds is 6. The molecule has 2 aromatic carbocycles. The van der Waals surface area contributed by atoms with Crippen LogP contribution in [0.4, 0.5) is 13.6 Å². The van der Waals surface area contributed by atoms with E-state index in [4.69, 9.17) is 9.84 Å². The van der Waals surface area contributed by atoms with Crippen LogP contribution in [0.5, 0.6) is 0 Å². The zero-order chi connectivity index (χ0) is 20.5. The summed E-state index contributed by atoms with van der Waals surface area (Å²) in [5.74, 6) is -6.93. The molecule has 0 aliphatic heterocycles. The molecule has 0 saturated carbocycles. The first-order chi connectivity index (χ1) is 13.2. The molecule has 1 aliphatic carbocycles. The van der Waals surface area contributed by atoms with E-state index in [1.54, 1.807) is 5.32 Å². The van der Waals surface area contributed by atoms with Crippen LogP contribution in [-0.4, -0.2) is 35.7 Å². The first-order valence-electron chi connectivity index (χ1n) is 8.95. The van der Waals surface area contributed by atoms with Crippen molar-refractivity contribution in [3.63, 3.8) is 0 Å². The molecule has 2 aromatic rings. The molecule has 1 amide bonds. The maximum Gasteiger partial charge on any atom is 0.408 e. The second-order valence-corrected chi connectivity index (χ2v) is 7.07. The number of benzene rings is 2. The number of halogens is 2. The fourth-order valence-corrected chi connectivity index (χ4v) is 3.41. The Morgan fingerprint density at radius 3 is 2.04 bits per heavy atom. The van der Waals surface area contributed by atoms with Gasteiger partial charge in [0.1, 0.15) is 6.61 Å². The summed E-state index contributed by atoms with van der Waals surface area (Å²) < 4.78 is 33.4. The van der Waals surface area contributed by atoms with Crippen LogP contribution >= 0.6 is 0 Å². The molecule has 7 heteroatoms. The summed E-state index contributed by atoms with van der Waals surface area (Å²) in [6, 6.07) is 13.0. The standard InChI is InChI=1S/C21H21F2NO4/c1-12(2)21(22,23)18(19(25)26)24-20(27)28-11-17-15-9-5-3-7-13(15)14-8-4-6-10-16(14)17/h3-10,12,17-18H,11H2,1-2H3,(H,24,27)(H,25,26). The van der Waals surface area contributed by atoms with Crippen molar-refractivity contribution in [2.75, 3.05) is 6.61 Å². The third-order valence-corrected chi connectivity index (χ3v) is 5.01. The maximum atomic E-state index is 14.1. The van der Waals surface area contributed by atoms with Crippen LogP contribution in [0.25, 0.3) is 11.1 Å². The number of hydrogen-bond acceptors (Lipinski definition) is 3. The smallest absolute Gasteiger partial charge is 0.408 e. The number of carboxylic acid groups (broad SMARTS) is 1. The van der Waals surface area contributed by atoms with Crippen molar-refractivity contribution in [3.8, 4) is 11.1 Å². The first kappa shape index (κ1) is 19.8. The van der Waals surface area contributed by atoms with Crippen LogP contribution in [0.2, 0.25) is 0 Å². The van der Waals surface area contributed by atoms with Crippen molar-refractivity contribution < 1.29 is 28.2 Å². The van der Waals surface area contributed by atoms with E-state index >= 15 is 0 Å². The van der Waals surface area contributed by atoms with Gasteiger partial charge in [-0.05, 0) is 22.3 Å². The molecule has 2 N–H and O–H groups in total. The zero-order valence-electron chi connectivity index (χ0n) is 15.5. The number of alkyl carbamates (subject to hydrolysis) is 1. The Bertz CT molecular complexity index is 852. The van der Waals surface area contributed by atoms with Gasteiger partial charge in [-0.15, -0.1) is 0 Å². The molecule has 0 spiro atoms. The monoisotopic (exact) mass is 389 g/mol. The summed E-state index contributed by atoms with van der Waals surface area (Å²) in [6.45, 7) is 2.30. The molecular formula is C21H21F2NO4. The number of hydrogen-bond donors (Lipinski definition) is 2. The van der Waals surface area contributed by atoms with E-state index in [0.29, 0.717) is 0 Å². The lowest BCUT2D eigenvalue weighted by Gasteiger charge is -2.27. The summed E-state index contributed by atoms with van der Waals surface area (Å²) in [5.41, 5.74) is 4.00. The Hall–Kier alpha value is -2.96.